The standard InChI is InChI=1S/C19H19N3O2/c1-3-16-11-15(9-10-20-16)17-12-18(24-22-17)13(2)21-19(23)14-7-5-4-6-8-14/h4-13H,3H2,1-2H3,(H,21,23)/t13-/m0/s1. The highest BCUT2D eigenvalue weighted by atomic mass is 16.5. The number of aryl methyl sites for hydroxylation is 1. The molecule has 0 aliphatic heterocycles. The van der Waals surface area contributed by atoms with Crippen LogP contribution in [0.25, 0.3) is 11.3 Å². The van der Waals surface area contributed by atoms with Gasteiger partial charge in [-0.05, 0) is 37.6 Å². The molecule has 0 aliphatic carbocycles. The molecule has 1 N–H and O–H groups in total. The van der Waals surface area contributed by atoms with E-state index in [0.29, 0.717) is 11.3 Å². The third kappa shape index (κ3) is 3.51. The van der Waals surface area contributed by atoms with Crippen LogP contribution in [-0.4, -0.2) is 16.0 Å². The fourth-order valence-electron chi connectivity index (χ4n) is 2.40. The van der Waals surface area contributed by atoms with E-state index in [1.54, 1.807) is 18.3 Å². The topological polar surface area (TPSA) is 68.0 Å². The van der Waals surface area contributed by atoms with Gasteiger partial charge in [0, 0.05) is 29.1 Å². The monoisotopic (exact) mass is 321 g/mol. The Morgan fingerprint density at radius 1 is 1.21 bits per heavy atom. The average molecular weight is 321 g/mol. The second-order valence-electron chi connectivity index (χ2n) is 5.57. The number of carbonyl (C=O) groups is 1. The number of aromatic nitrogens is 2. The Morgan fingerprint density at radius 2 is 2.00 bits per heavy atom. The van der Waals surface area contributed by atoms with Crippen LogP contribution in [0.3, 0.4) is 0 Å². The Balaban J connectivity index is 1.74. The summed E-state index contributed by atoms with van der Waals surface area (Å²) in [6.45, 7) is 3.93. The van der Waals surface area contributed by atoms with Crippen LogP contribution in [-0.2, 0) is 6.42 Å². The van der Waals surface area contributed by atoms with E-state index in [9.17, 15) is 4.79 Å². The molecule has 0 spiro atoms. The van der Waals surface area contributed by atoms with Crippen molar-refractivity contribution in [2.75, 3.05) is 0 Å². The first-order valence-electron chi connectivity index (χ1n) is 7.95. The minimum Gasteiger partial charge on any atom is -0.359 e. The van der Waals surface area contributed by atoms with Gasteiger partial charge in [0.1, 0.15) is 5.69 Å². The molecule has 5 nitrogen and oxygen atoms in total. The minimum atomic E-state index is -0.272. The zero-order valence-corrected chi connectivity index (χ0v) is 13.7. The Morgan fingerprint density at radius 3 is 2.75 bits per heavy atom. The molecule has 0 saturated heterocycles. The van der Waals surface area contributed by atoms with Gasteiger partial charge in [-0.2, -0.15) is 0 Å². The van der Waals surface area contributed by atoms with Crippen LogP contribution >= 0.6 is 0 Å². The molecule has 0 fully saturated rings. The number of benzene rings is 1. The second-order valence-corrected chi connectivity index (χ2v) is 5.57. The summed E-state index contributed by atoms with van der Waals surface area (Å²) in [6, 6.07) is 14.6. The van der Waals surface area contributed by atoms with Gasteiger partial charge in [0.15, 0.2) is 5.76 Å². The highest BCUT2D eigenvalue weighted by Gasteiger charge is 2.16. The second kappa shape index (κ2) is 7.08. The molecule has 0 aliphatic rings. The van der Waals surface area contributed by atoms with E-state index in [0.717, 1.165) is 23.4 Å². The number of hydrogen-bond donors (Lipinski definition) is 1. The van der Waals surface area contributed by atoms with E-state index in [1.165, 1.54) is 0 Å². The number of pyridine rings is 1. The lowest BCUT2D eigenvalue weighted by Crippen LogP contribution is -2.26. The lowest BCUT2D eigenvalue weighted by Gasteiger charge is -2.10. The van der Waals surface area contributed by atoms with Crippen molar-refractivity contribution in [1.82, 2.24) is 15.5 Å². The van der Waals surface area contributed by atoms with Gasteiger partial charge in [-0.3, -0.25) is 9.78 Å². The quantitative estimate of drug-likeness (QED) is 0.776. The predicted molar refractivity (Wildman–Crippen MR) is 91.4 cm³/mol. The van der Waals surface area contributed by atoms with Crippen molar-refractivity contribution in [2.45, 2.75) is 26.3 Å². The molecule has 3 aromatic rings. The van der Waals surface area contributed by atoms with Crippen molar-refractivity contribution < 1.29 is 9.32 Å². The molecule has 2 aromatic heterocycles. The van der Waals surface area contributed by atoms with Crippen LogP contribution in [0.15, 0.2) is 59.3 Å². The maximum atomic E-state index is 12.2. The molecule has 1 aromatic carbocycles. The fourth-order valence-corrected chi connectivity index (χ4v) is 2.40. The van der Waals surface area contributed by atoms with Gasteiger partial charge in [0.05, 0.1) is 6.04 Å². The van der Waals surface area contributed by atoms with Crippen molar-refractivity contribution in [3.8, 4) is 11.3 Å². The fraction of sp³-hybridized carbons (Fsp3) is 0.211. The van der Waals surface area contributed by atoms with Crippen LogP contribution in [0.2, 0.25) is 0 Å². The molecule has 1 amide bonds. The molecular weight excluding hydrogens is 302 g/mol. The molecule has 3 rings (SSSR count). The van der Waals surface area contributed by atoms with Crippen molar-refractivity contribution in [3.05, 3.63) is 71.7 Å². The Hall–Kier alpha value is -2.95. The third-order valence-electron chi connectivity index (χ3n) is 3.81. The minimum absolute atomic E-state index is 0.141. The number of rotatable bonds is 5. The lowest BCUT2D eigenvalue weighted by molar-refractivity contribution is 0.0934. The van der Waals surface area contributed by atoms with Gasteiger partial charge in [-0.1, -0.05) is 30.3 Å². The summed E-state index contributed by atoms with van der Waals surface area (Å²) in [5.41, 5.74) is 3.31. The zero-order valence-electron chi connectivity index (χ0n) is 13.7. The predicted octanol–water partition coefficient (Wildman–Crippen LogP) is 3.79. The normalized spacial score (nSPS) is 11.9. The van der Waals surface area contributed by atoms with Crippen LogP contribution in [0.1, 0.15) is 41.7 Å². The van der Waals surface area contributed by atoms with E-state index in [4.69, 9.17) is 4.52 Å². The van der Waals surface area contributed by atoms with Gasteiger partial charge in [0.2, 0.25) is 0 Å². The third-order valence-corrected chi connectivity index (χ3v) is 3.81. The Bertz CT molecular complexity index is 827. The summed E-state index contributed by atoms with van der Waals surface area (Å²) in [7, 11) is 0. The van der Waals surface area contributed by atoms with Crippen LogP contribution in [0, 0.1) is 0 Å². The van der Waals surface area contributed by atoms with Crippen LogP contribution in [0.4, 0.5) is 0 Å². The van der Waals surface area contributed by atoms with Crippen LogP contribution < -0.4 is 5.32 Å². The summed E-state index contributed by atoms with van der Waals surface area (Å²) in [6.07, 6.45) is 2.63. The first kappa shape index (κ1) is 15.9. The molecule has 0 bridgehead atoms. The molecular formula is C19H19N3O2. The van der Waals surface area contributed by atoms with E-state index in [-0.39, 0.29) is 11.9 Å². The molecule has 122 valence electrons. The molecule has 24 heavy (non-hydrogen) atoms. The Kier molecular flexibility index (Phi) is 4.70. The largest absolute Gasteiger partial charge is 0.359 e. The number of hydrogen-bond acceptors (Lipinski definition) is 4. The van der Waals surface area contributed by atoms with Gasteiger partial charge < -0.3 is 9.84 Å². The van der Waals surface area contributed by atoms with Crippen molar-refractivity contribution in [1.29, 1.82) is 0 Å². The molecule has 0 unspecified atom stereocenters. The zero-order chi connectivity index (χ0) is 16.9. The molecule has 5 heteroatoms. The number of nitrogens with zero attached hydrogens (tertiary/aromatic N) is 2. The van der Waals surface area contributed by atoms with Gasteiger partial charge in [-0.15, -0.1) is 0 Å². The number of nitrogens with one attached hydrogen (secondary N) is 1. The highest BCUT2D eigenvalue weighted by Crippen LogP contribution is 2.23. The van der Waals surface area contributed by atoms with Gasteiger partial charge in [0.25, 0.3) is 5.91 Å². The number of carbonyl (C=O) groups excluding carboxylic acids is 1. The SMILES string of the molecule is CCc1cc(-c2cc([C@H](C)NC(=O)c3ccccc3)on2)ccn1. The van der Waals surface area contributed by atoms with Crippen molar-refractivity contribution in [3.63, 3.8) is 0 Å². The van der Waals surface area contributed by atoms with E-state index in [1.807, 2.05) is 43.3 Å². The lowest BCUT2D eigenvalue weighted by atomic mass is 10.1. The summed E-state index contributed by atoms with van der Waals surface area (Å²) < 4.78 is 5.41. The molecule has 0 saturated carbocycles. The van der Waals surface area contributed by atoms with Gasteiger partial charge in [-0.25, -0.2) is 0 Å². The van der Waals surface area contributed by atoms with Crippen molar-refractivity contribution >= 4 is 5.91 Å². The summed E-state index contributed by atoms with van der Waals surface area (Å²) in [5.74, 6) is 0.474. The van der Waals surface area contributed by atoms with E-state index in [2.05, 4.69) is 22.4 Å². The Labute approximate surface area is 140 Å². The number of amides is 1. The molecule has 0 radical (unpaired) electrons. The average Bonchev–Trinajstić information content (AvgIpc) is 3.13. The maximum absolute atomic E-state index is 12.2. The smallest absolute Gasteiger partial charge is 0.251 e. The van der Waals surface area contributed by atoms with E-state index >= 15 is 0 Å². The van der Waals surface area contributed by atoms with Crippen LogP contribution in [0.5, 0.6) is 0 Å². The van der Waals surface area contributed by atoms with E-state index < -0.39 is 0 Å². The highest BCUT2D eigenvalue weighted by molar-refractivity contribution is 5.94. The first-order chi connectivity index (χ1) is 11.7. The molecule has 1 atom stereocenters. The maximum Gasteiger partial charge on any atom is 0.251 e. The van der Waals surface area contributed by atoms with Gasteiger partial charge >= 0.3 is 0 Å². The first-order valence-corrected chi connectivity index (χ1v) is 7.95. The molecule has 2 heterocycles. The summed E-state index contributed by atoms with van der Waals surface area (Å²) in [5, 5.41) is 7.02. The van der Waals surface area contributed by atoms with Crippen molar-refractivity contribution in [2.24, 2.45) is 0 Å². The summed E-state index contributed by atoms with van der Waals surface area (Å²) in [4.78, 5) is 16.5. The summed E-state index contributed by atoms with van der Waals surface area (Å²) >= 11 is 0.